The quantitative estimate of drug-likeness (QED) is 0.850. The average molecular weight is 265 g/mol. The summed E-state index contributed by atoms with van der Waals surface area (Å²) in [5, 5.41) is 9.44. The minimum absolute atomic E-state index is 0.276. The molecule has 1 N–H and O–H groups in total. The summed E-state index contributed by atoms with van der Waals surface area (Å²) in [5.74, 6) is -0.276. The predicted molar refractivity (Wildman–Crippen MR) is 73.8 cm³/mol. The Morgan fingerprint density at radius 1 is 1.47 bits per heavy atom. The van der Waals surface area contributed by atoms with Crippen molar-refractivity contribution in [2.45, 2.75) is 19.4 Å². The third kappa shape index (κ3) is 3.33. The van der Waals surface area contributed by atoms with Gasteiger partial charge in [-0.3, -0.25) is 0 Å². The number of nitrogens with zero attached hydrogens (tertiary/aromatic N) is 1. The molecule has 0 unspecified atom stereocenters. The van der Waals surface area contributed by atoms with Crippen LogP contribution in [0.15, 0.2) is 29.8 Å². The summed E-state index contributed by atoms with van der Waals surface area (Å²) >= 11 is 0. The molecule has 0 radical (unpaired) electrons. The van der Waals surface area contributed by atoms with Gasteiger partial charge in [0.2, 0.25) is 0 Å². The molecule has 0 aliphatic carbocycles. The predicted octanol–water partition coefficient (Wildman–Crippen LogP) is 2.66. The van der Waals surface area contributed by atoms with Crippen molar-refractivity contribution in [3.05, 3.63) is 41.2 Å². The highest BCUT2D eigenvalue weighted by atomic mass is 19.1. The molecule has 1 aliphatic rings. The van der Waals surface area contributed by atoms with Crippen LogP contribution in [0.4, 0.5) is 10.1 Å². The molecule has 0 bridgehead atoms. The van der Waals surface area contributed by atoms with Gasteiger partial charge in [0.05, 0.1) is 18.4 Å². The van der Waals surface area contributed by atoms with E-state index in [4.69, 9.17) is 4.74 Å². The maximum Gasteiger partial charge on any atom is 0.146 e. The van der Waals surface area contributed by atoms with Crippen molar-refractivity contribution in [1.29, 1.82) is 0 Å². The van der Waals surface area contributed by atoms with Crippen molar-refractivity contribution in [2.24, 2.45) is 0 Å². The Balaban J connectivity index is 2.11. The molecular formula is C15H20FNO2. The Hall–Kier alpha value is -1.39. The fourth-order valence-electron chi connectivity index (χ4n) is 2.29. The van der Waals surface area contributed by atoms with Crippen LogP contribution in [0.2, 0.25) is 0 Å². The van der Waals surface area contributed by atoms with Crippen LogP contribution >= 0.6 is 0 Å². The lowest BCUT2D eigenvalue weighted by molar-refractivity contribution is 0.199. The smallest absolute Gasteiger partial charge is 0.146 e. The number of hydrogen-bond acceptors (Lipinski definition) is 3. The first-order valence-corrected chi connectivity index (χ1v) is 6.51. The standard InChI is InChI=1S/C15H20FNO2/c1-11(18)13-3-4-15(14(16)9-13)17-7-5-12(6-8-17)10-19-2/h3-5,9,11,18H,6-8,10H2,1-2H3/t11-/m0/s1. The highest BCUT2D eigenvalue weighted by Crippen LogP contribution is 2.25. The molecule has 104 valence electrons. The first-order chi connectivity index (χ1) is 9.11. The molecule has 19 heavy (non-hydrogen) atoms. The van der Waals surface area contributed by atoms with E-state index in [1.807, 2.05) is 4.90 Å². The van der Waals surface area contributed by atoms with Crippen molar-refractivity contribution in [3.8, 4) is 0 Å². The van der Waals surface area contributed by atoms with Gasteiger partial charge in [0, 0.05) is 20.2 Å². The van der Waals surface area contributed by atoms with Crippen molar-refractivity contribution in [2.75, 3.05) is 31.7 Å². The normalized spacial score (nSPS) is 17.3. The fourth-order valence-corrected chi connectivity index (χ4v) is 2.29. The maximum absolute atomic E-state index is 14.0. The second-order valence-corrected chi connectivity index (χ2v) is 4.88. The van der Waals surface area contributed by atoms with Crippen molar-refractivity contribution in [3.63, 3.8) is 0 Å². The molecule has 0 saturated carbocycles. The van der Waals surface area contributed by atoms with Gasteiger partial charge >= 0.3 is 0 Å². The summed E-state index contributed by atoms with van der Waals surface area (Å²) in [6.45, 7) is 3.77. The van der Waals surface area contributed by atoms with Gasteiger partial charge in [-0.2, -0.15) is 0 Å². The van der Waals surface area contributed by atoms with Crippen LogP contribution in [0.1, 0.15) is 25.0 Å². The van der Waals surface area contributed by atoms with Crippen molar-refractivity contribution in [1.82, 2.24) is 0 Å². The highest BCUT2D eigenvalue weighted by Gasteiger charge is 2.16. The minimum Gasteiger partial charge on any atom is -0.389 e. The van der Waals surface area contributed by atoms with Gasteiger partial charge in [-0.25, -0.2) is 4.39 Å². The van der Waals surface area contributed by atoms with Crippen LogP contribution in [-0.4, -0.2) is 31.9 Å². The van der Waals surface area contributed by atoms with E-state index in [-0.39, 0.29) is 5.82 Å². The zero-order chi connectivity index (χ0) is 13.8. The van der Waals surface area contributed by atoms with Crippen molar-refractivity contribution >= 4 is 5.69 Å². The van der Waals surface area contributed by atoms with Crippen molar-refractivity contribution < 1.29 is 14.2 Å². The number of hydrogen-bond donors (Lipinski definition) is 1. The van der Waals surface area contributed by atoms with Crippen LogP contribution < -0.4 is 4.90 Å². The molecular weight excluding hydrogens is 245 g/mol. The molecule has 1 aliphatic heterocycles. The molecule has 1 aromatic carbocycles. The molecule has 1 atom stereocenters. The van der Waals surface area contributed by atoms with Gasteiger partial charge in [-0.1, -0.05) is 12.1 Å². The van der Waals surface area contributed by atoms with E-state index in [1.165, 1.54) is 11.6 Å². The zero-order valence-corrected chi connectivity index (χ0v) is 11.4. The van der Waals surface area contributed by atoms with Gasteiger partial charge in [0.15, 0.2) is 0 Å². The lowest BCUT2D eigenvalue weighted by Crippen LogP contribution is -2.30. The number of methoxy groups -OCH3 is 1. The Labute approximate surface area is 113 Å². The van der Waals surface area contributed by atoms with E-state index in [0.717, 1.165) is 13.0 Å². The molecule has 0 spiro atoms. The summed E-state index contributed by atoms with van der Waals surface area (Å²) < 4.78 is 19.1. The molecule has 4 heteroatoms. The average Bonchev–Trinajstić information content (AvgIpc) is 2.40. The number of anilines is 1. The molecule has 0 amide bonds. The second-order valence-electron chi connectivity index (χ2n) is 4.88. The Morgan fingerprint density at radius 3 is 2.79 bits per heavy atom. The number of rotatable bonds is 4. The van der Waals surface area contributed by atoms with Gasteiger partial charge < -0.3 is 14.7 Å². The number of ether oxygens (including phenoxy) is 1. The lowest BCUT2D eigenvalue weighted by atomic mass is 10.1. The molecule has 0 fully saturated rings. The summed E-state index contributed by atoms with van der Waals surface area (Å²) in [7, 11) is 1.68. The SMILES string of the molecule is COCC1=CCN(c2ccc([C@H](C)O)cc2F)CC1. The minimum atomic E-state index is -0.641. The van der Waals surface area contributed by atoms with Crippen LogP contribution in [-0.2, 0) is 4.74 Å². The Morgan fingerprint density at radius 2 is 2.26 bits per heavy atom. The maximum atomic E-state index is 14.0. The highest BCUT2D eigenvalue weighted by molar-refractivity contribution is 5.51. The molecule has 0 aromatic heterocycles. The third-order valence-corrected chi connectivity index (χ3v) is 3.43. The second kappa shape index (κ2) is 6.17. The van der Waals surface area contributed by atoms with Crippen LogP contribution in [0.25, 0.3) is 0 Å². The van der Waals surface area contributed by atoms with E-state index in [2.05, 4.69) is 6.08 Å². The number of benzene rings is 1. The molecule has 0 saturated heterocycles. The van der Waals surface area contributed by atoms with Gasteiger partial charge in [-0.15, -0.1) is 0 Å². The summed E-state index contributed by atoms with van der Waals surface area (Å²) in [6.07, 6.45) is 2.35. The number of aliphatic hydroxyl groups is 1. The van der Waals surface area contributed by atoms with Crippen LogP contribution in [0.3, 0.4) is 0 Å². The largest absolute Gasteiger partial charge is 0.389 e. The first-order valence-electron chi connectivity index (χ1n) is 6.51. The summed E-state index contributed by atoms with van der Waals surface area (Å²) in [6, 6.07) is 4.93. The zero-order valence-electron chi connectivity index (χ0n) is 11.4. The van der Waals surface area contributed by atoms with Crippen LogP contribution in [0.5, 0.6) is 0 Å². The first kappa shape index (κ1) is 14.0. The summed E-state index contributed by atoms with van der Waals surface area (Å²) in [5.41, 5.74) is 2.46. The monoisotopic (exact) mass is 265 g/mol. The van der Waals surface area contributed by atoms with E-state index in [0.29, 0.717) is 24.4 Å². The topological polar surface area (TPSA) is 32.7 Å². The molecule has 1 heterocycles. The van der Waals surface area contributed by atoms with Gasteiger partial charge in [-0.05, 0) is 36.6 Å². The van der Waals surface area contributed by atoms with Crippen LogP contribution in [0, 0.1) is 5.82 Å². The molecule has 3 nitrogen and oxygen atoms in total. The third-order valence-electron chi connectivity index (χ3n) is 3.43. The molecule has 1 aromatic rings. The number of halogens is 1. The van der Waals surface area contributed by atoms with Gasteiger partial charge in [0.1, 0.15) is 5.82 Å². The van der Waals surface area contributed by atoms with E-state index in [1.54, 1.807) is 26.2 Å². The fraction of sp³-hybridized carbons (Fsp3) is 0.467. The molecule has 2 rings (SSSR count). The van der Waals surface area contributed by atoms with Gasteiger partial charge in [0.25, 0.3) is 0 Å². The Bertz CT molecular complexity index is 471. The summed E-state index contributed by atoms with van der Waals surface area (Å²) in [4.78, 5) is 2.00. The Kier molecular flexibility index (Phi) is 4.56. The van der Waals surface area contributed by atoms with E-state index >= 15 is 0 Å². The number of aliphatic hydroxyl groups excluding tert-OH is 1. The van der Waals surface area contributed by atoms with E-state index in [9.17, 15) is 9.50 Å². The lowest BCUT2D eigenvalue weighted by Gasteiger charge is -2.29. The van der Waals surface area contributed by atoms with E-state index < -0.39 is 6.10 Å².